The van der Waals surface area contributed by atoms with E-state index < -0.39 is 0 Å². The molecule has 1 aromatic rings. The van der Waals surface area contributed by atoms with Crippen molar-refractivity contribution in [2.45, 2.75) is 25.6 Å². The zero-order chi connectivity index (χ0) is 10.9. The second kappa shape index (κ2) is 6.80. The van der Waals surface area contributed by atoms with Gasteiger partial charge in [-0.2, -0.15) is 5.26 Å². The molecule has 0 amide bonds. The van der Waals surface area contributed by atoms with Gasteiger partial charge >= 0.3 is 0 Å². The molecule has 0 radical (unpaired) electrons. The molecule has 0 aliphatic rings. The number of hydrogen-bond acceptors (Lipinski definition) is 2. The van der Waals surface area contributed by atoms with Crippen molar-refractivity contribution in [1.82, 2.24) is 0 Å². The molecule has 0 aliphatic heterocycles. The van der Waals surface area contributed by atoms with Crippen LogP contribution in [-0.4, -0.2) is 6.10 Å². The van der Waals surface area contributed by atoms with E-state index in [0.29, 0.717) is 13.0 Å². The van der Waals surface area contributed by atoms with Gasteiger partial charge in [0.15, 0.2) is 0 Å². The quantitative estimate of drug-likeness (QED) is 0.663. The lowest BCUT2D eigenvalue weighted by Crippen LogP contribution is -2.10. The fraction of sp³-hybridized carbons (Fsp3) is 0.308. The predicted octanol–water partition coefficient (Wildman–Crippen LogP) is 3.06. The summed E-state index contributed by atoms with van der Waals surface area (Å²) in [6.45, 7) is 4.20. The zero-order valence-electron chi connectivity index (χ0n) is 8.73. The summed E-state index contributed by atoms with van der Waals surface area (Å²) in [5, 5.41) is 8.60. The highest BCUT2D eigenvalue weighted by Gasteiger charge is 2.06. The van der Waals surface area contributed by atoms with E-state index in [1.807, 2.05) is 30.3 Å². The molecule has 0 aromatic heterocycles. The van der Waals surface area contributed by atoms with Crippen molar-refractivity contribution in [3.05, 3.63) is 48.6 Å². The van der Waals surface area contributed by atoms with E-state index in [-0.39, 0.29) is 6.10 Å². The van der Waals surface area contributed by atoms with Crippen LogP contribution in [0.3, 0.4) is 0 Å². The minimum Gasteiger partial charge on any atom is -0.372 e. The van der Waals surface area contributed by atoms with Crippen molar-refractivity contribution in [3.8, 4) is 6.07 Å². The van der Waals surface area contributed by atoms with Gasteiger partial charge in [-0.3, -0.25) is 0 Å². The minimum absolute atomic E-state index is 0.0345. The Morgan fingerprint density at radius 1 is 1.40 bits per heavy atom. The molecule has 1 aromatic carbocycles. The summed E-state index contributed by atoms with van der Waals surface area (Å²) < 4.78 is 5.62. The summed E-state index contributed by atoms with van der Waals surface area (Å²) >= 11 is 0. The lowest BCUT2D eigenvalue weighted by Gasteiger charge is -2.12. The number of nitrogens with zero attached hydrogens (tertiary/aromatic N) is 1. The van der Waals surface area contributed by atoms with Gasteiger partial charge in [-0.05, 0) is 12.0 Å². The summed E-state index contributed by atoms with van der Waals surface area (Å²) in [6, 6.07) is 12.1. The van der Waals surface area contributed by atoms with Crippen LogP contribution in [-0.2, 0) is 11.3 Å². The van der Waals surface area contributed by atoms with Crippen molar-refractivity contribution in [2.24, 2.45) is 0 Å². The molecule has 2 heteroatoms. The van der Waals surface area contributed by atoms with Crippen molar-refractivity contribution in [3.63, 3.8) is 0 Å². The molecule has 78 valence electrons. The van der Waals surface area contributed by atoms with Gasteiger partial charge in [0.2, 0.25) is 0 Å². The molecule has 0 aliphatic carbocycles. The highest BCUT2D eigenvalue weighted by Crippen LogP contribution is 2.08. The van der Waals surface area contributed by atoms with Crippen molar-refractivity contribution in [2.75, 3.05) is 0 Å². The van der Waals surface area contributed by atoms with Crippen LogP contribution >= 0.6 is 0 Å². The second-order valence-electron chi connectivity index (χ2n) is 3.31. The van der Waals surface area contributed by atoms with Crippen LogP contribution in [0.15, 0.2) is 43.0 Å². The molecular weight excluding hydrogens is 186 g/mol. The smallest absolute Gasteiger partial charge is 0.0743 e. The van der Waals surface area contributed by atoms with Gasteiger partial charge < -0.3 is 4.74 Å². The molecule has 0 spiro atoms. The standard InChI is InChI=1S/C13H15NO/c1-2-6-13(9-10-14)15-11-12-7-4-3-5-8-12/h2-5,7-8,13H,1,6,9,11H2. The molecule has 1 unspecified atom stereocenters. The van der Waals surface area contributed by atoms with Crippen molar-refractivity contribution < 1.29 is 4.74 Å². The van der Waals surface area contributed by atoms with Gasteiger partial charge in [-0.25, -0.2) is 0 Å². The Labute approximate surface area is 90.8 Å². The topological polar surface area (TPSA) is 33.0 Å². The van der Waals surface area contributed by atoms with E-state index in [1.54, 1.807) is 6.08 Å². The summed E-state index contributed by atoms with van der Waals surface area (Å²) in [6.07, 6.45) is 2.89. The molecule has 0 heterocycles. The van der Waals surface area contributed by atoms with E-state index in [4.69, 9.17) is 10.00 Å². The molecule has 0 bridgehead atoms. The summed E-state index contributed by atoms with van der Waals surface area (Å²) in [5.74, 6) is 0. The SMILES string of the molecule is C=CCC(CC#N)OCc1ccccc1. The lowest BCUT2D eigenvalue weighted by atomic mass is 10.2. The van der Waals surface area contributed by atoms with Crippen LogP contribution in [0.2, 0.25) is 0 Å². The van der Waals surface area contributed by atoms with E-state index in [1.165, 1.54) is 0 Å². The fourth-order valence-corrected chi connectivity index (χ4v) is 1.29. The van der Waals surface area contributed by atoms with Crippen LogP contribution < -0.4 is 0 Å². The van der Waals surface area contributed by atoms with Crippen molar-refractivity contribution >= 4 is 0 Å². The molecule has 1 atom stereocenters. The van der Waals surface area contributed by atoms with Crippen LogP contribution in [0.4, 0.5) is 0 Å². The number of ether oxygens (including phenoxy) is 1. The first-order valence-corrected chi connectivity index (χ1v) is 5.00. The predicted molar refractivity (Wildman–Crippen MR) is 60.1 cm³/mol. The maximum absolute atomic E-state index is 8.60. The molecular formula is C13H15NO. The first kappa shape index (κ1) is 11.5. The average molecular weight is 201 g/mol. The van der Waals surface area contributed by atoms with E-state index in [0.717, 1.165) is 12.0 Å². The Morgan fingerprint density at radius 2 is 2.13 bits per heavy atom. The van der Waals surface area contributed by atoms with Crippen LogP contribution in [0.5, 0.6) is 0 Å². The first-order valence-electron chi connectivity index (χ1n) is 5.00. The van der Waals surface area contributed by atoms with Crippen LogP contribution in [0, 0.1) is 11.3 Å². The lowest BCUT2D eigenvalue weighted by molar-refractivity contribution is 0.0458. The Bertz CT molecular complexity index is 326. The van der Waals surface area contributed by atoms with E-state index in [9.17, 15) is 0 Å². The largest absolute Gasteiger partial charge is 0.372 e. The van der Waals surface area contributed by atoms with E-state index >= 15 is 0 Å². The number of hydrogen-bond donors (Lipinski definition) is 0. The average Bonchev–Trinajstić information content (AvgIpc) is 2.28. The van der Waals surface area contributed by atoms with Crippen LogP contribution in [0.25, 0.3) is 0 Å². The maximum atomic E-state index is 8.60. The highest BCUT2D eigenvalue weighted by atomic mass is 16.5. The Morgan fingerprint density at radius 3 is 2.73 bits per heavy atom. The third-order valence-electron chi connectivity index (χ3n) is 2.08. The second-order valence-corrected chi connectivity index (χ2v) is 3.31. The number of nitriles is 1. The molecule has 1 rings (SSSR count). The Balaban J connectivity index is 2.40. The highest BCUT2D eigenvalue weighted by molar-refractivity contribution is 5.13. The van der Waals surface area contributed by atoms with Crippen LogP contribution in [0.1, 0.15) is 18.4 Å². The van der Waals surface area contributed by atoms with Gasteiger partial charge in [0.1, 0.15) is 0 Å². The third-order valence-corrected chi connectivity index (χ3v) is 2.08. The van der Waals surface area contributed by atoms with E-state index in [2.05, 4.69) is 12.6 Å². The third kappa shape index (κ3) is 4.44. The molecule has 15 heavy (non-hydrogen) atoms. The first-order chi connectivity index (χ1) is 7.36. The van der Waals surface area contributed by atoms with Gasteiger partial charge in [0, 0.05) is 0 Å². The Hall–Kier alpha value is -1.59. The van der Waals surface area contributed by atoms with Gasteiger partial charge in [0.25, 0.3) is 0 Å². The molecule has 0 saturated carbocycles. The number of benzene rings is 1. The molecule has 0 N–H and O–H groups in total. The molecule has 2 nitrogen and oxygen atoms in total. The Kier molecular flexibility index (Phi) is 5.21. The fourth-order valence-electron chi connectivity index (χ4n) is 1.29. The minimum atomic E-state index is -0.0345. The summed E-state index contributed by atoms with van der Waals surface area (Å²) in [5.41, 5.74) is 1.13. The zero-order valence-corrected chi connectivity index (χ0v) is 8.73. The molecule has 0 fully saturated rings. The number of rotatable bonds is 6. The summed E-state index contributed by atoms with van der Waals surface area (Å²) in [4.78, 5) is 0. The molecule has 0 saturated heterocycles. The summed E-state index contributed by atoms with van der Waals surface area (Å²) in [7, 11) is 0. The van der Waals surface area contributed by atoms with Gasteiger partial charge in [0.05, 0.1) is 25.2 Å². The van der Waals surface area contributed by atoms with Crippen molar-refractivity contribution in [1.29, 1.82) is 5.26 Å². The van der Waals surface area contributed by atoms with Gasteiger partial charge in [-0.1, -0.05) is 36.4 Å². The normalized spacial score (nSPS) is 11.7. The van der Waals surface area contributed by atoms with Gasteiger partial charge in [-0.15, -0.1) is 6.58 Å². The maximum Gasteiger partial charge on any atom is 0.0743 e. The monoisotopic (exact) mass is 201 g/mol.